The van der Waals surface area contributed by atoms with Gasteiger partial charge in [-0.3, -0.25) is 9.63 Å². The Morgan fingerprint density at radius 3 is 1.30 bits per heavy atom. The van der Waals surface area contributed by atoms with Crippen molar-refractivity contribution in [1.82, 2.24) is 5.48 Å². The molecule has 3 aromatic carbocycles. The molecule has 114 valence electrons. The molecule has 0 saturated carbocycles. The van der Waals surface area contributed by atoms with Gasteiger partial charge in [0.2, 0.25) is 6.41 Å². The maximum Gasteiger partial charge on any atom is 0.230 e. The van der Waals surface area contributed by atoms with Crippen LogP contribution in [0, 0.1) is 0 Å². The fraction of sp³-hybridized carbons (Fsp3) is 0.0500. The van der Waals surface area contributed by atoms with Gasteiger partial charge in [-0.15, -0.1) is 0 Å². The first-order valence-electron chi connectivity index (χ1n) is 7.41. The van der Waals surface area contributed by atoms with E-state index in [1.54, 1.807) is 0 Å². The summed E-state index contributed by atoms with van der Waals surface area (Å²) in [6, 6.07) is 29.6. The SMILES string of the molecule is O=CNOC(c1ccccc1)(c1ccccc1)c1ccccc1. The van der Waals surface area contributed by atoms with E-state index >= 15 is 0 Å². The molecule has 3 rings (SSSR count). The largest absolute Gasteiger partial charge is 0.277 e. The lowest BCUT2D eigenvalue weighted by molar-refractivity contribution is -0.130. The molecular weight excluding hydrogens is 286 g/mol. The lowest BCUT2D eigenvalue weighted by atomic mass is 9.80. The molecule has 0 heterocycles. The summed E-state index contributed by atoms with van der Waals surface area (Å²) in [5, 5.41) is 0. The predicted molar refractivity (Wildman–Crippen MR) is 89.5 cm³/mol. The van der Waals surface area contributed by atoms with Crippen LogP contribution in [0.5, 0.6) is 0 Å². The van der Waals surface area contributed by atoms with Crippen LogP contribution >= 0.6 is 0 Å². The number of carbonyl (C=O) groups is 1. The van der Waals surface area contributed by atoms with Crippen molar-refractivity contribution in [3.8, 4) is 0 Å². The molecule has 3 heteroatoms. The minimum absolute atomic E-state index is 0.545. The zero-order chi connectivity index (χ0) is 16.0. The summed E-state index contributed by atoms with van der Waals surface area (Å²) in [6.45, 7) is 0. The van der Waals surface area contributed by atoms with E-state index in [1.807, 2.05) is 91.0 Å². The first-order valence-corrected chi connectivity index (χ1v) is 7.41. The van der Waals surface area contributed by atoms with E-state index in [2.05, 4.69) is 5.48 Å². The van der Waals surface area contributed by atoms with E-state index in [9.17, 15) is 4.79 Å². The Labute approximate surface area is 135 Å². The van der Waals surface area contributed by atoms with Gasteiger partial charge in [0, 0.05) is 0 Å². The van der Waals surface area contributed by atoms with Gasteiger partial charge in [0.1, 0.15) is 0 Å². The zero-order valence-electron chi connectivity index (χ0n) is 12.6. The number of hydrogen-bond acceptors (Lipinski definition) is 2. The fourth-order valence-electron chi connectivity index (χ4n) is 2.81. The number of nitrogens with one attached hydrogen (secondary N) is 1. The highest BCUT2D eigenvalue weighted by Crippen LogP contribution is 2.39. The smallest absolute Gasteiger partial charge is 0.230 e. The second-order valence-corrected chi connectivity index (χ2v) is 5.12. The van der Waals surface area contributed by atoms with Gasteiger partial charge in [0.05, 0.1) is 0 Å². The quantitative estimate of drug-likeness (QED) is 0.429. The van der Waals surface area contributed by atoms with Crippen molar-refractivity contribution in [3.05, 3.63) is 108 Å². The highest BCUT2D eigenvalue weighted by molar-refractivity contribution is 5.49. The molecule has 0 aliphatic rings. The van der Waals surface area contributed by atoms with Crippen LogP contribution in [0.25, 0.3) is 0 Å². The monoisotopic (exact) mass is 303 g/mol. The van der Waals surface area contributed by atoms with Crippen LogP contribution < -0.4 is 5.48 Å². The highest BCUT2D eigenvalue weighted by Gasteiger charge is 2.38. The van der Waals surface area contributed by atoms with Gasteiger partial charge in [-0.25, -0.2) is 5.48 Å². The highest BCUT2D eigenvalue weighted by atomic mass is 16.7. The summed E-state index contributed by atoms with van der Waals surface area (Å²) in [6.07, 6.45) is 0.545. The third-order valence-corrected chi connectivity index (χ3v) is 3.80. The Kier molecular flexibility index (Phi) is 4.50. The summed E-state index contributed by atoms with van der Waals surface area (Å²) in [5.41, 5.74) is 4.30. The molecule has 0 aromatic heterocycles. The summed E-state index contributed by atoms with van der Waals surface area (Å²) < 4.78 is 0. The molecule has 23 heavy (non-hydrogen) atoms. The van der Waals surface area contributed by atoms with Gasteiger partial charge < -0.3 is 0 Å². The van der Waals surface area contributed by atoms with Crippen LogP contribution in [0.3, 0.4) is 0 Å². The van der Waals surface area contributed by atoms with E-state index in [-0.39, 0.29) is 0 Å². The van der Waals surface area contributed by atoms with Gasteiger partial charge in [-0.2, -0.15) is 0 Å². The molecule has 0 bridgehead atoms. The lowest BCUT2D eigenvalue weighted by Crippen LogP contribution is -2.37. The first-order chi connectivity index (χ1) is 11.4. The van der Waals surface area contributed by atoms with Crippen molar-refractivity contribution in [2.75, 3.05) is 0 Å². The molecular formula is C20H17NO2. The van der Waals surface area contributed by atoms with Crippen LogP contribution in [0.4, 0.5) is 0 Å². The Morgan fingerprint density at radius 2 is 1.00 bits per heavy atom. The van der Waals surface area contributed by atoms with Crippen LogP contribution in [0.1, 0.15) is 16.7 Å². The van der Waals surface area contributed by atoms with Gasteiger partial charge in [0.15, 0.2) is 5.60 Å². The lowest BCUT2D eigenvalue weighted by Gasteiger charge is -2.34. The van der Waals surface area contributed by atoms with Gasteiger partial charge in [0.25, 0.3) is 0 Å². The van der Waals surface area contributed by atoms with Crippen LogP contribution in [0.15, 0.2) is 91.0 Å². The van der Waals surface area contributed by atoms with Gasteiger partial charge in [-0.1, -0.05) is 91.0 Å². The van der Waals surface area contributed by atoms with Crippen molar-refractivity contribution in [2.24, 2.45) is 0 Å². The van der Waals surface area contributed by atoms with E-state index in [4.69, 9.17) is 4.84 Å². The molecule has 3 aromatic rings. The molecule has 1 N–H and O–H groups in total. The molecule has 0 atom stereocenters. The Balaban J connectivity index is 2.27. The first kappa shape index (κ1) is 15.0. The molecule has 0 aliphatic carbocycles. The fourth-order valence-corrected chi connectivity index (χ4v) is 2.81. The number of benzene rings is 3. The molecule has 3 nitrogen and oxygen atoms in total. The normalized spacial score (nSPS) is 11.0. The molecule has 0 unspecified atom stereocenters. The third-order valence-electron chi connectivity index (χ3n) is 3.80. The van der Waals surface area contributed by atoms with Crippen molar-refractivity contribution < 1.29 is 9.63 Å². The standard InChI is InChI=1S/C20H17NO2/c22-16-21-23-20(17-10-4-1-5-11-17,18-12-6-2-7-13-18)19-14-8-3-9-15-19/h1-16H,(H,21,22). The van der Waals surface area contributed by atoms with Crippen molar-refractivity contribution in [2.45, 2.75) is 5.60 Å². The zero-order valence-corrected chi connectivity index (χ0v) is 12.6. The minimum Gasteiger partial charge on any atom is -0.277 e. The molecule has 0 aliphatic heterocycles. The van der Waals surface area contributed by atoms with E-state index in [0.717, 1.165) is 16.7 Å². The minimum atomic E-state index is -0.912. The third kappa shape index (κ3) is 2.87. The van der Waals surface area contributed by atoms with Gasteiger partial charge >= 0.3 is 0 Å². The topological polar surface area (TPSA) is 38.3 Å². The second-order valence-electron chi connectivity index (χ2n) is 5.12. The molecule has 1 amide bonds. The Bertz CT molecular complexity index is 646. The molecule has 0 fully saturated rings. The average molecular weight is 303 g/mol. The second kappa shape index (κ2) is 6.90. The number of rotatable bonds is 6. The van der Waals surface area contributed by atoms with Crippen molar-refractivity contribution in [3.63, 3.8) is 0 Å². The van der Waals surface area contributed by atoms with Crippen LogP contribution in [-0.2, 0) is 15.2 Å². The average Bonchev–Trinajstić information content (AvgIpc) is 2.65. The van der Waals surface area contributed by atoms with Crippen LogP contribution in [-0.4, -0.2) is 6.41 Å². The summed E-state index contributed by atoms with van der Waals surface area (Å²) >= 11 is 0. The van der Waals surface area contributed by atoms with E-state index < -0.39 is 5.60 Å². The predicted octanol–water partition coefficient (Wildman–Crippen LogP) is 3.66. The summed E-state index contributed by atoms with van der Waals surface area (Å²) in [5.74, 6) is 0. The summed E-state index contributed by atoms with van der Waals surface area (Å²) in [4.78, 5) is 16.8. The van der Waals surface area contributed by atoms with Crippen LogP contribution in [0.2, 0.25) is 0 Å². The van der Waals surface area contributed by atoms with Crippen molar-refractivity contribution in [1.29, 1.82) is 0 Å². The number of hydrogen-bond donors (Lipinski definition) is 1. The Morgan fingerprint density at radius 1 is 0.652 bits per heavy atom. The maximum atomic E-state index is 10.9. The van der Waals surface area contributed by atoms with E-state index in [0.29, 0.717) is 6.41 Å². The summed E-state index contributed by atoms with van der Waals surface area (Å²) in [7, 11) is 0. The number of carbonyl (C=O) groups excluding carboxylic acids is 1. The van der Waals surface area contributed by atoms with Gasteiger partial charge in [-0.05, 0) is 16.7 Å². The molecule has 0 radical (unpaired) electrons. The van der Waals surface area contributed by atoms with E-state index in [1.165, 1.54) is 0 Å². The molecule has 0 spiro atoms. The Hall–Kier alpha value is -2.91. The number of hydroxylamine groups is 1. The van der Waals surface area contributed by atoms with Crippen molar-refractivity contribution >= 4 is 6.41 Å². The maximum absolute atomic E-state index is 10.9. The molecule has 0 saturated heterocycles. The number of amides is 1.